The molecule has 0 heterocycles. The summed E-state index contributed by atoms with van der Waals surface area (Å²) in [4.78, 5) is 0. The van der Waals surface area contributed by atoms with Crippen molar-refractivity contribution in [3.8, 4) is 11.8 Å². The molecule has 17 heavy (non-hydrogen) atoms. The number of nitrogens with one attached hydrogen (secondary N) is 1. The van der Waals surface area contributed by atoms with Crippen LogP contribution in [0.4, 0.5) is 0 Å². The first kappa shape index (κ1) is 13.5. The Hall–Kier alpha value is -1.53. The summed E-state index contributed by atoms with van der Waals surface area (Å²) in [6, 6.07) is 8.05. The Morgan fingerprint density at radius 3 is 2.82 bits per heavy atom. The Morgan fingerprint density at radius 1 is 1.41 bits per heavy atom. The maximum Gasteiger partial charge on any atom is 0.174 e. The van der Waals surface area contributed by atoms with Crippen molar-refractivity contribution in [2.45, 2.75) is 27.3 Å². The van der Waals surface area contributed by atoms with Crippen LogP contribution >= 0.6 is 0 Å². The van der Waals surface area contributed by atoms with Crippen LogP contribution in [0.5, 0.6) is 5.75 Å². The number of para-hydroxylation sites is 1. The minimum absolute atomic E-state index is 0.0992. The number of hydrogen-bond acceptors (Lipinski definition) is 3. The number of benzene rings is 1. The zero-order valence-electron chi connectivity index (χ0n) is 10.8. The van der Waals surface area contributed by atoms with Crippen molar-refractivity contribution < 1.29 is 4.74 Å². The molecule has 0 saturated heterocycles. The summed E-state index contributed by atoms with van der Waals surface area (Å²) in [6.45, 7) is 8.21. The monoisotopic (exact) mass is 232 g/mol. The molecule has 0 bridgehead atoms. The third-order valence-corrected chi connectivity index (χ3v) is 2.44. The summed E-state index contributed by atoms with van der Waals surface area (Å²) in [7, 11) is 0. The van der Waals surface area contributed by atoms with Gasteiger partial charge in [-0.05, 0) is 24.9 Å². The molecule has 0 amide bonds. The predicted octanol–water partition coefficient (Wildman–Crippen LogP) is 2.64. The molecule has 0 atom stereocenters. The van der Waals surface area contributed by atoms with Gasteiger partial charge in [0.1, 0.15) is 11.8 Å². The van der Waals surface area contributed by atoms with Crippen LogP contribution in [0.3, 0.4) is 0 Å². The number of hydrogen-bond donors (Lipinski definition) is 1. The van der Waals surface area contributed by atoms with Crippen LogP contribution in [0.25, 0.3) is 0 Å². The molecule has 0 spiro atoms. The highest BCUT2D eigenvalue weighted by atomic mass is 16.5. The van der Waals surface area contributed by atoms with Crippen molar-refractivity contribution >= 4 is 0 Å². The quantitative estimate of drug-likeness (QED) is 0.820. The lowest BCUT2D eigenvalue weighted by atomic mass is 10.1. The lowest BCUT2D eigenvalue weighted by Crippen LogP contribution is -2.19. The van der Waals surface area contributed by atoms with Gasteiger partial charge < -0.3 is 10.1 Å². The summed E-state index contributed by atoms with van der Waals surface area (Å²) in [6.07, 6.45) is 0. The molecule has 1 aromatic carbocycles. The van der Waals surface area contributed by atoms with Crippen LogP contribution in [0.1, 0.15) is 25.0 Å². The van der Waals surface area contributed by atoms with E-state index in [0.29, 0.717) is 5.92 Å². The van der Waals surface area contributed by atoms with Crippen LogP contribution < -0.4 is 10.1 Å². The van der Waals surface area contributed by atoms with E-state index in [1.54, 1.807) is 0 Å². The Morgan fingerprint density at radius 2 is 2.18 bits per heavy atom. The Labute approximate surface area is 103 Å². The number of nitriles is 1. The van der Waals surface area contributed by atoms with Gasteiger partial charge in [0, 0.05) is 12.1 Å². The van der Waals surface area contributed by atoms with Gasteiger partial charge in [0.2, 0.25) is 0 Å². The van der Waals surface area contributed by atoms with Crippen molar-refractivity contribution in [2.75, 3.05) is 13.2 Å². The molecule has 3 nitrogen and oxygen atoms in total. The van der Waals surface area contributed by atoms with E-state index >= 15 is 0 Å². The maximum absolute atomic E-state index is 8.57. The molecule has 1 N–H and O–H groups in total. The van der Waals surface area contributed by atoms with Crippen LogP contribution in [0, 0.1) is 24.2 Å². The Kier molecular flexibility index (Phi) is 5.51. The van der Waals surface area contributed by atoms with Crippen LogP contribution in [0.15, 0.2) is 18.2 Å². The number of rotatable bonds is 6. The molecular weight excluding hydrogens is 212 g/mol. The molecule has 0 aromatic heterocycles. The molecule has 1 rings (SSSR count). The van der Waals surface area contributed by atoms with Crippen LogP contribution in [-0.2, 0) is 6.54 Å². The molecule has 0 aliphatic heterocycles. The zero-order chi connectivity index (χ0) is 12.7. The van der Waals surface area contributed by atoms with Crippen molar-refractivity contribution in [3.63, 3.8) is 0 Å². The van der Waals surface area contributed by atoms with E-state index in [9.17, 15) is 0 Å². The van der Waals surface area contributed by atoms with E-state index in [0.717, 1.165) is 30.0 Å². The molecule has 0 aliphatic rings. The highest BCUT2D eigenvalue weighted by Gasteiger charge is 2.06. The van der Waals surface area contributed by atoms with Crippen molar-refractivity contribution in [1.29, 1.82) is 5.26 Å². The second kappa shape index (κ2) is 6.93. The first-order valence-electron chi connectivity index (χ1n) is 5.94. The first-order valence-corrected chi connectivity index (χ1v) is 5.94. The molecule has 0 radical (unpaired) electrons. The minimum atomic E-state index is 0.0992. The first-order chi connectivity index (χ1) is 8.15. The predicted molar refractivity (Wildman–Crippen MR) is 68.8 cm³/mol. The maximum atomic E-state index is 8.57. The largest absolute Gasteiger partial charge is 0.478 e. The Balaban J connectivity index is 2.69. The van der Waals surface area contributed by atoms with E-state index in [-0.39, 0.29) is 6.61 Å². The van der Waals surface area contributed by atoms with E-state index < -0.39 is 0 Å². The van der Waals surface area contributed by atoms with Gasteiger partial charge in [0.05, 0.1) is 0 Å². The molecule has 92 valence electrons. The molecule has 3 heteroatoms. The van der Waals surface area contributed by atoms with Gasteiger partial charge in [-0.3, -0.25) is 0 Å². The van der Waals surface area contributed by atoms with E-state index in [1.807, 2.05) is 31.2 Å². The summed E-state index contributed by atoms with van der Waals surface area (Å²) >= 11 is 0. The zero-order valence-corrected chi connectivity index (χ0v) is 10.8. The van der Waals surface area contributed by atoms with Crippen molar-refractivity contribution in [2.24, 2.45) is 5.92 Å². The molecule has 0 unspecified atom stereocenters. The summed E-state index contributed by atoms with van der Waals surface area (Å²) < 4.78 is 5.47. The Bertz CT molecular complexity index is 394. The van der Waals surface area contributed by atoms with Crippen molar-refractivity contribution in [3.05, 3.63) is 29.3 Å². The lowest BCUT2D eigenvalue weighted by molar-refractivity contribution is 0.359. The van der Waals surface area contributed by atoms with Gasteiger partial charge in [-0.2, -0.15) is 5.26 Å². The fourth-order valence-electron chi connectivity index (χ4n) is 1.66. The van der Waals surface area contributed by atoms with Gasteiger partial charge in [-0.15, -0.1) is 0 Å². The highest BCUT2D eigenvalue weighted by Crippen LogP contribution is 2.23. The minimum Gasteiger partial charge on any atom is -0.478 e. The highest BCUT2D eigenvalue weighted by molar-refractivity contribution is 5.40. The van der Waals surface area contributed by atoms with Crippen LogP contribution in [-0.4, -0.2) is 13.2 Å². The van der Waals surface area contributed by atoms with E-state index in [4.69, 9.17) is 10.00 Å². The van der Waals surface area contributed by atoms with Gasteiger partial charge in [0.25, 0.3) is 0 Å². The smallest absolute Gasteiger partial charge is 0.174 e. The standard InChI is InChI=1S/C14H20N2O/c1-11(2)9-16-10-13-6-4-5-12(3)14(13)17-8-7-15/h4-6,11,16H,8-10H2,1-3H3. The van der Waals surface area contributed by atoms with Gasteiger partial charge >= 0.3 is 0 Å². The molecular formula is C14H20N2O. The van der Waals surface area contributed by atoms with Crippen molar-refractivity contribution in [1.82, 2.24) is 5.32 Å². The lowest BCUT2D eigenvalue weighted by Gasteiger charge is -2.13. The molecule has 0 aliphatic carbocycles. The summed E-state index contributed by atoms with van der Waals surface area (Å²) in [5, 5.41) is 11.9. The van der Waals surface area contributed by atoms with E-state index in [1.165, 1.54) is 0 Å². The van der Waals surface area contributed by atoms with Gasteiger partial charge in [-0.25, -0.2) is 0 Å². The third-order valence-electron chi connectivity index (χ3n) is 2.44. The van der Waals surface area contributed by atoms with Gasteiger partial charge in [-0.1, -0.05) is 32.0 Å². The average molecular weight is 232 g/mol. The number of nitrogens with zero attached hydrogens (tertiary/aromatic N) is 1. The molecule has 1 aromatic rings. The fraction of sp³-hybridized carbons (Fsp3) is 0.500. The summed E-state index contributed by atoms with van der Waals surface area (Å²) in [5.74, 6) is 1.47. The SMILES string of the molecule is Cc1cccc(CNCC(C)C)c1OCC#N. The van der Waals surface area contributed by atoms with E-state index in [2.05, 4.69) is 19.2 Å². The van der Waals surface area contributed by atoms with Gasteiger partial charge in [0.15, 0.2) is 6.61 Å². The summed E-state index contributed by atoms with van der Waals surface area (Å²) in [5.41, 5.74) is 2.19. The van der Waals surface area contributed by atoms with Crippen LogP contribution in [0.2, 0.25) is 0 Å². The fourth-order valence-corrected chi connectivity index (χ4v) is 1.66. The topological polar surface area (TPSA) is 45.0 Å². The second-order valence-electron chi connectivity index (χ2n) is 4.53. The third kappa shape index (κ3) is 4.46. The molecule has 0 fully saturated rings. The number of ether oxygens (including phenoxy) is 1. The normalized spacial score (nSPS) is 10.3. The second-order valence-corrected chi connectivity index (χ2v) is 4.53. The molecule has 0 saturated carbocycles. The average Bonchev–Trinajstić information content (AvgIpc) is 2.28. The number of aryl methyl sites for hydroxylation is 1.